The van der Waals surface area contributed by atoms with E-state index >= 15 is 0 Å². The van der Waals surface area contributed by atoms with Crippen molar-refractivity contribution in [3.63, 3.8) is 0 Å². The predicted molar refractivity (Wildman–Crippen MR) is 74.2 cm³/mol. The zero-order valence-corrected chi connectivity index (χ0v) is 12.3. The second kappa shape index (κ2) is 7.34. The van der Waals surface area contributed by atoms with Crippen LogP contribution < -0.4 is 0 Å². The van der Waals surface area contributed by atoms with Crippen LogP contribution in [-0.4, -0.2) is 16.4 Å². The van der Waals surface area contributed by atoms with Crippen LogP contribution in [-0.2, 0) is 11.5 Å². The minimum absolute atomic E-state index is 0.0375. The maximum absolute atomic E-state index is 12.2. The molecule has 0 fully saturated rings. The average molecular weight is 368 g/mol. The van der Waals surface area contributed by atoms with Crippen molar-refractivity contribution in [3.05, 3.63) is 35.6 Å². The summed E-state index contributed by atoms with van der Waals surface area (Å²) in [6.07, 6.45) is -2.04. The first-order valence-electron chi connectivity index (χ1n) is 5.09. The molecule has 0 bridgehead atoms. The third kappa shape index (κ3) is 4.57. The van der Waals surface area contributed by atoms with Gasteiger partial charge in [-0.2, -0.15) is 18.2 Å². The lowest BCUT2D eigenvalue weighted by atomic mass is 10.4. The van der Waals surface area contributed by atoms with Crippen LogP contribution in [0.2, 0.25) is 0 Å². The van der Waals surface area contributed by atoms with Crippen LogP contribution in [0.1, 0.15) is 10.8 Å². The van der Waals surface area contributed by atoms with Crippen LogP contribution in [0, 0.1) is 5.41 Å². The minimum atomic E-state index is -4.60. The molecule has 9 heteroatoms. The van der Waals surface area contributed by atoms with Crippen molar-refractivity contribution in [2.75, 3.05) is 0 Å². The van der Waals surface area contributed by atoms with Gasteiger partial charge < -0.3 is 9.93 Å². The Morgan fingerprint density at radius 3 is 2.50 bits per heavy atom. The van der Waals surface area contributed by atoms with Gasteiger partial charge in [0, 0.05) is 16.4 Å². The van der Waals surface area contributed by atoms with Gasteiger partial charge in [-0.05, 0) is 12.1 Å². The van der Waals surface area contributed by atoms with Crippen LogP contribution >= 0.6 is 27.3 Å². The zero-order valence-electron chi connectivity index (χ0n) is 9.95. The molecule has 2 heterocycles. The van der Waals surface area contributed by atoms with Gasteiger partial charge in [0.1, 0.15) is 0 Å². The molecule has 2 aromatic heterocycles. The van der Waals surface area contributed by atoms with Crippen LogP contribution in [0.3, 0.4) is 0 Å². The topological polar surface area (TPSA) is 62.8 Å². The Labute approximate surface area is 125 Å². The number of allylic oxidation sites excluding steroid dienone is 1. The van der Waals surface area contributed by atoms with Crippen LogP contribution in [0.4, 0.5) is 13.2 Å². The normalized spacial score (nSPS) is 10.6. The number of hydrogen-bond acceptors (Lipinski definition) is 5. The highest BCUT2D eigenvalue weighted by molar-refractivity contribution is 9.08. The highest BCUT2D eigenvalue weighted by atomic mass is 79.9. The molecular weight excluding hydrogens is 359 g/mol. The number of rotatable bonds is 3. The van der Waals surface area contributed by atoms with Crippen LogP contribution in [0.15, 0.2) is 29.3 Å². The van der Waals surface area contributed by atoms with Gasteiger partial charge >= 0.3 is 12.1 Å². The summed E-state index contributed by atoms with van der Waals surface area (Å²) in [5.74, 6) is -1.36. The Balaban J connectivity index is 0.000000444. The highest BCUT2D eigenvalue weighted by Gasteiger charge is 2.38. The predicted octanol–water partition coefficient (Wildman–Crippen LogP) is 4.53. The molecule has 0 aliphatic heterocycles. The maximum Gasteiger partial charge on any atom is 0.471 e. The molecule has 0 saturated heterocycles. The van der Waals surface area contributed by atoms with Crippen LogP contribution in [0.25, 0.3) is 10.7 Å². The largest absolute Gasteiger partial charge is 0.471 e. The lowest BCUT2D eigenvalue weighted by molar-refractivity contribution is -0.159. The standard InChI is InChI=1S/C8H4BrF3N2OS.C3H5N/c9-3-4-1-2-5(16-4)6-13-7(15-14-6)8(10,11)12;1-2-3-4/h1-2H,3H2;2-4H,1H2. The summed E-state index contributed by atoms with van der Waals surface area (Å²) in [5, 5.41) is 10.1. The number of nitrogens with one attached hydrogen (secondary N) is 1. The van der Waals surface area contributed by atoms with Gasteiger partial charge in [0.25, 0.3) is 0 Å². The molecule has 0 aliphatic carbocycles. The zero-order chi connectivity index (χ0) is 15.2. The van der Waals surface area contributed by atoms with E-state index in [0.717, 1.165) is 11.1 Å². The van der Waals surface area contributed by atoms with Gasteiger partial charge in [-0.15, -0.1) is 11.3 Å². The quantitative estimate of drug-likeness (QED) is 0.639. The molecule has 0 amide bonds. The Kier molecular flexibility index (Phi) is 6.08. The van der Waals surface area contributed by atoms with E-state index in [4.69, 9.17) is 5.41 Å². The lowest BCUT2D eigenvalue weighted by Gasteiger charge is -1.95. The number of nitrogens with zero attached hydrogens (tertiary/aromatic N) is 2. The van der Waals surface area contributed by atoms with E-state index in [9.17, 15) is 13.2 Å². The monoisotopic (exact) mass is 367 g/mol. The van der Waals surface area contributed by atoms with Gasteiger partial charge in [0.15, 0.2) is 0 Å². The second-order valence-corrected chi connectivity index (χ2v) is 4.95. The fourth-order valence-electron chi connectivity index (χ4n) is 1.01. The molecule has 0 aliphatic rings. The van der Waals surface area contributed by atoms with E-state index in [1.54, 1.807) is 12.1 Å². The van der Waals surface area contributed by atoms with Crippen molar-refractivity contribution in [2.45, 2.75) is 11.5 Å². The summed E-state index contributed by atoms with van der Waals surface area (Å²) in [4.78, 5) is 4.82. The second-order valence-electron chi connectivity index (χ2n) is 3.22. The van der Waals surface area contributed by atoms with Gasteiger partial charge in [-0.3, -0.25) is 0 Å². The molecule has 0 saturated carbocycles. The lowest BCUT2D eigenvalue weighted by Crippen LogP contribution is -2.04. The molecule has 2 rings (SSSR count). The molecule has 0 unspecified atom stereocenters. The summed E-state index contributed by atoms with van der Waals surface area (Å²) < 4.78 is 40.7. The van der Waals surface area contributed by atoms with E-state index in [0.29, 0.717) is 10.2 Å². The number of aromatic nitrogens is 2. The molecule has 4 nitrogen and oxygen atoms in total. The third-order valence-corrected chi connectivity index (χ3v) is 3.86. The first-order valence-corrected chi connectivity index (χ1v) is 7.03. The Bertz CT molecular complexity index is 573. The van der Waals surface area contributed by atoms with E-state index in [1.807, 2.05) is 0 Å². The van der Waals surface area contributed by atoms with E-state index in [1.165, 1.54) is 17.4 Å². The Morgan fingerprint density at radius 2 is 2.10 bits per heavy atom. The van der Waals surface area contributed by atoms with E-state index in [2.05, 4.69) is 37.2 Å². The van der Waals surface area contributed by atoms with E-state index in [-0.39, 0.29) is 5.82 Å². The summed E-state index contributed by atoms with van der Waals surface area (Å²) in [5.41, 5.74) is 0. The van der Waals surface area contributed by atoms with Gasteiger partial charge in [0.05, 0.1) is 4.88 Å². The summed E-state index contributed by atoms with van der Waals surface area (Å²) in [7, 11) is 0. The molecule has 0 radical (unpaired) electrons. The Morgan fingerprint density at radius 1 is 1.45 bits per heavy atom. The van der Waals surface area contributed by atoms with Gasteiger partial charge in [-0.1, -0.05) is 33.7 Å². The molecule has 0 atom stereocenters. The summed E-state index contributed by atoms with van der Waals surface area (Å²) in [6.45, 7) is 3.24. The molecule has 20 heavy (non-hydrogen) atoms. The maximum atomic E-state index is 12.2. The smallest absolute Gasteiger partial charge is 0.329 e. The van der Waals surface area contributed by atoms with Crippen molar-refractivity contribution >= 4 is 33.5 Å². The molecule has 0 aromatic carbocycles. The van der Waals surface area contributed by atoms with Crippen molar-refractivity contribution in [1.82, 2.24) is 10.1 Å². The van der Waals surface area contributed by atoms with Crippen molar-refractivity contribution in [2.24, 2.45) is 0 Å². The summed E-state index contributed by atoms with van der Waals surface area (Å²) in [6, 6.07) is 3.45. The summed E-state index contributed by atoms with van der Waals surface area (Å²) >= 11 is 4.56. The molecule has 1 N–H and O–H groups in total. The average Bonchev–Trinajstić information content (AvgIpc) is 3.06. The van der Waals surface area contributed by atoms with Gasteiger partial charge in [0.2, 0.25) is 5.82 Å². The van der Waals surface area contributed by atoms with Crippen molar-refractivity contribution < 1.29 is 17.7 Å². The van der Waals surface area contributed by atoms with E-state index < -0.39 is 12.1 Å². The minimum Gasteiger partial charge on any atom is -0.329 e. The first-order chi connectivity index (χ1) is 9.42. The fourth-order valence-corrected chi connectivity index (χ4v) is 2.32. The van der Waals surface area contributed by atoms with Gasteiger partial charge in [-0.25, -0.2) is 0 Å². The molecule has 108 valence electrons. The van der Waals surface area contributed by atoms with Crippen LogP contribution in [0.5, 0.6) is 0 Å². The fraction of sp³-hybridized carbons (Fsp3) is 0.182. The number of alkyl halides is 4. The number of halogens is 4. The van der Waals surface area contributed by atoms with Crippen molar-refractivity contribution in [3.8, 4) is 10.7 Å². The third-order valence-electron chi connectivity index (χ3n) is 1.80. The molecule has 2 aromatic rings. The highest BCUT2D eigenvalue weighted by Crippen LogP contribution is 2.32. The number of thiophene rings is 1. The van der Waals surface area contributed by atoms with Crippen molar-refractivity contribution in [1.29, 1.82) is 5.41 Å². The SMILES string of the molecule is C=CC=N.FC(F)(F)c1nc(-c2ccc(CBr)s2)no1. The molecular formula is C11H9BrF3N3OS. The Hall–Kier alpha value is -1.48. The molecule has 0 spiro atoms. The first kappa shape index (κ1) is 16.6. The number of hydrogen-bond donors (Lipinski definition) is 1.